The van der Waals surface area contributed by atoms with E-state index in [0.717, 1.165) is 5.56 Å². The minimum Gasteiger partial charge on any atom is -0.399 e. The molecule has 2 rings (SSSR count). The summed E-state index contributed by atoms with van der Waals surface area (Å²) in [5.74, 6) is -0.467. The quantitative estimate of drug-likeness (QED) is 0.875. The second-order valence-electron chi connectivity index (χ2n) is 5.28. The molecule has 0 fully saturated rings. The van der Waals surface area contributed by atoms with Gasteiger partial charge in [-0.15, -0.1) is 0 Å². The van der Waals surface area contributed by atoms with Gasteiger partial charge in [-0.25, -0.2) is 4.39 Å². The summed E-state index contributed by atoms with van der Waals surface area (Å²) in [5, 5.41) is 0. The fraction of sp³-hybridized carbons (Fsp3) is 0.235. The monoisotopic (exact) mass is 286 g/mol. The lowest BCUT2D eigenvalue weighted by Gasteiger charge is -2.27. The maximum atomic E-state index is 13.0. The molecule has 0 aliphatic heterocycles. The highest BCUT2D eigenvalue weighted by Gasteiger charge is 2.19. The first-order valence-electron chi connectivity index (χ1n) is 6.88. The van der Waals surface area contributed by atoms with Crippen molar-refractivity contribution >= 4 is 11.6 Å². The van der Waals surface area contributed by atoms with Gasteiger partial charge in [0.1, 0.15) is 5.82 Å². The number of amides is 1. The number of hydrogen-bond acceptors (Lipinski definition) is 2. The number of rotatable bonds is 4. The average molecular weight is 286 g/mol. The van der Waals surface area contributed by atoms with Gasteiger partial charge in [0.2, 0.25) is 0 Å². The average Bonchev–Trinajstić information content (AvgIpc) is 2.44. The molecule has 0 aliphatic rings. The van der Waals surface area contributed by atoms with Gasteiger partial charge in [-0.05, 0) is 55.8 Å². The molecular formula is C17H19FN2O. The number of carbonyl (C=O) groups is 1. The number of benzene rings is 2. The standard InChI is InChI=1S/C17H19FN2O/c1-12(2)20(11-13-4-3-5-16(19)10-13)17(21)14-6-8-15(18)9-7-14/h3-10,12H,11,19H2,1-2H3. The number of carbonyl (C=O) groups excluding carboxylic acids is 1. The number of nitrogens with zero attached hydrogens (tertiary/aromatic N) is 1. The van der Waals surface area contributed by atoms with Crippen LogP contribution >= 0.6 is 0 Å². The van der Waals surface area contributed by atoms with Crippen molar-refractivity contribution in [2.45, 2.75) is 26.4 Å². The Balaban J connectivity index is 2.22. The zero-order valence-corrected chi connectivity index (χ0v) is 12.2. The van der Waals surface area contributed by atoms with Gasteiger partial charge in [0.05, 0.1) is 0 Å². The molecule has 0 saturated carbocycles. The van der Waals surface area contributed by atoms with E-state index in [-0.39, 0.29) is 17.8 Å². The highest BCUT2D eigenvalue weighted by atomic mass is 19.1. The molecule has 0 aliphatic carbocycles. The molecule has 0 saturated heterocycles. The first-order chi connectivity index (χ1) is 9.97. The third kappa shape index (κ3) is 3.81. The van der Waals surface area contributed by atoms with Crippen molar-refractivity contribution in [2.75, 3.05) is 5.73 Å². The van der Waals surface area contributed by atoms with Crippen LogP contribution in [0, 0.1) is 5.82 Å². The molecule has 4 heteroatoms. The van der Waals surface area contributed by atoms with Gasteiger partial charge >= 0.3 is 0 Å². The Labute approximate surface area is 124 Å². The molecule has 0 heterocycles. The van der Waals surface area contributed by atoms with E-state index in [9.17, 15) is 9.18 Å². The summed E-state index contributed by atoms with van der Waals surface area (Å²) >= 11 is 0. The molecule has 2 aromatic rings. The zero-order chi connectivity index (χ0) is 15.4. The van der Waals surface area contributed by atoms with Crippen molar-refractivity contribution in [1.82, 2.24) is 4.90 Å². The highest BCUT2D eigenvalue weighted by molar-refractivity contribution is 5.94. The van der Waals surface area contributed by atoms with Crippen LogP contribution in [0.5, 0.6) is 0 Å². The van der Waals surface area contributed by atoms with Gasteiger partial charge in [-0.1, -0.05) is 12.1 Å². The van der Waals surface area contributed by atoms with Crippen LogP contribution in [0.15, 0.2) is 48.5 Å². The van der Waals surface area contributed by atoms with Crippen LogP contribution < -0.4 is 5.73 Å². The number of halogens is 1. The minimum absolute atomic E-state index is 0.0315. The van der Waals surface area contributed by atoms with Crippen LogP contribution in [0.4, 0.5) is 10.1 Å². The smallest absolute Gasteiger partial charge is 0.254 e. The van der Waals surface area contributed by atoms with Crippen LogP contribution in [0.3, 0.4) is 0 Å². The normalized spacial score (nSPS) is 10.7. The van der Waals surface area contributed by atoms with E-state index >= 15 is 0 Å². The molecule has 0 spiro atoms. The Morgan fingerprint density at radius 1 is 1.19 bits per heavy atom. The summed E-state index contributed by atoms with van der Waals surface area (Å²) in [6, 6.07) is 13.1. The molecule has 0 unspecified atom stereocenters. The van der Waals surface area contributed by atoms with Gasteiger partial charge in [0.25, 0.3) is 5.91 Å². The van der Waals surface area contributed by atoms with E-state index in [1.165, 1.54) is 24.3 Å². The first-order valence-corrected chi connectivity index (χ1v) is 6.88. The molecule has 2 aromatic carbocycles. The first kappa shape index (κ1) is 15.0. The fourth-order valence-electron chi connectivity index (χ4n) is 2.14. The predicted octanol–water partition coefficient (Wildman–Crippen LogP) is 3.46. The zero-order valence-electron chi connectivity index (χ0n) is 12.2. The molecule has 0 atom stereocenters. The largest absolute Gasteiger partial charge is 0.399 e. The van der Waals surface area contributed by atoms with E-state index in [2.05, 4.69) is 0 Å². The van der Waals surface area contributed by atoms with Gasteiger partial charge in [0.15, 0.2) is 0 Å². The van der Waals surface area contributed by atoms with Gasteiger partial charge < -0.3 is 10.6 Å². The Kier molecular flexibility index (Phi) is 4.58. The third-order valence-electron chi connectivity index (χ3n) is 3.28. The van der Waals surface area contributed by atoms with Crippen molar-refractivity contribution in [2.24, 2.45) is 0 Å². The van der Waals surface area contributed by atoms with E-state index < -0.39 is 0 Å². The van der Waals surface area contributed by atoms with Gasteiger partial charge in [0, 0.05) is 23.8 Å². The van der Waals surface area contributed by atoms with E-state index in [4.69, 9.17) is 5.73 Å². The Morgan fingerprint density at radius 2 is 1.86 bits per heavy atom. The van der Waals surface area contributed by atoms with E-state index in [0.29, 0.717) is 17.8 Å². The Hall–Kier alpha value is -2.36. The molecule has 0 aromatic heterocycles. The molecule has 110 valence electrons. The molecular weight excluding hydrogens is 267 g/mol. The molecule has 3 nitrogen and oxygen atoms in total. The number of nitrogen functional groups attached to an aromatic ring is 1. The van der Waals surface area contributed by atoms with Crippen molar-refractivity contribution in [3.05, 3.63) is 65.5 Å². The summed E-state index contributed by atoms with van der Waals surface area (Å²) in [5.41, 5.74) is 7.89. The van der Waals surface area contributed by atoms with E-state index in [1.54, 1.807) is 4.90 Å². The maximum Gasteiger partial charge on any atom is 0.254 e. The summed E-state index contributed by atoms with van der Waals surface area (Å²) in [6.07, 6.45) is 0. The van der Waals surface area contributed by atoms with E-state index in [1.807, 2.05) is 38.1 Å². The molecule has 0 radical (unpaired) electrons. The molecule has 0 bridgehead atoms. The minimum atomic E-state index is -0.349. The number of hydrogen-bond donors (Lipinski definition) is 1. The van der Waals surface area contributed by atoms with Crippen LogP contribution in [-0.4, -0.2) is 16.8 Å². The van der Waals surface area contributed by atoms with Crippen LogP contribution in [0.1, 0.15) is 29.8 Å². The van der Waals surface area contributed by atoms with Crippen LogP contribution in [-0.2, 0) is 6.54 Å². The lowest BCUT2D eigenvalue weighted by atomic mass is 10.1. The highest BCUT2D eigenvalue weighted by Crippen LogP contribution is 2.15. The lowest BCUT2D eigenvalue weighted by Crippen LogP contribution is -2.36. The third-order valence-corrected chi connectivity index (χ3v) is 3.28. The SMILES string of the molecule is CC(C)N(Cc1cccc(N)c1)C(=O)c1ccc(F)cc1. The van der Waals surface area contributed by atoms with Gasteiger partial charge in [-0.2, -0.15) is 0 Å². The topological polar surface area (TPSA) is 46.3 Å². The Morgan fingerprint density at radius 3 is 2.43 bits per heavy atom. The van der Waals surface area contributed by atoms with Gasteiger partial charge in [-0.3, -0.25) is 4.79 Å². The van der Waals surface area contributed by atoms with Crippen molar-refractivity contribution < 1.29 is 9.18 Å². The summed E-state index contributed by atoms with van der Waals surface area (Å²) in [4.78, 5) is 14.3. The Bertz CT molecular complexity index is 623. The maximum absolute atomic E-state index is 13.0. The number of nitrogens with two attached hydrogens (primary N) is 1. The van der Waals surface area contributed by atoms with Crippen molar-refractivity contribution in [1.29, 1.82) is 0 Å². The number of anilines is 1. The van der Waals surface area contributed by atoms with Crippen LogP contribution in [0.2, 0.25) is 0 Å². The summed E-state index contributed by atoms with van der Waals surface area (Å²) in [6.45, 7) is 4.38. The predicted molar refractivity (Wildman–Crippen MR) is 82.3 cm³/mol. The lowest BCUT2D eigenvalue weighted by molar-refractivity contribution is 0.0690. The van der Waals surface area contributed by atoms with Crippen molar-refractivity contribution in [3.63, 3.8) is 0 Å². The van der Waals surface area contributed by atoms with Crippen molar-refractivity contribution in [3.8, 4) is 0 Å². The van der Waals surface area contributed by atoms with Crippen LogP contribution in [0.25, 0.3) is 0 Å². The molecule has 21 heavy (non-hydrogen) atoms. The second kappa shape index (κ2) is 6.39. The summed E-state index contributed by atoms with van der Waals surface area (Å²) < 4.78 is 13.0. The summed E-state index contributed by atoms with van der Waals surface area (Å²) in [7, 11) is 0. The second-order valence-corrected chi connectivity index (χ2v) is 5.28. The molecule has 1 amide bonds. The fourth-order valence-corrected chi connectivity index (χ4v) is 2.14. The molecule has 2 N–H and O–H groups in total.